The minimum Gasteiger partial charge on any atom is -0.495 e. The van der Waals surface area contributed by atoms with Gasteiger partial charge in [-0.25, -0.2) is 0 Å². The second kappa shape index (κ2) is 7.47. The normalized spacial score (nSPS) is 16.6. The van der Waals surface area contributed by atoms with Crippen molar-refractivity contribution in [1.82, 2.24) is 10.2 Å². The molecule has 0 saturated carbocycles. The highest BCUT2D eigenvalue weighted by atomic mass is 32.1. The first-order chi connectivity index (χ1) is 12.8. The lowest BCUT2D eigenvalue weighted by molar-refractivity contribution is -0.931. The van der Waals surface area contributed by atoms with Crippen molar-refractivity contribution in [2.24, 2.45) is 0 Å². The zero-order chi connectivity index (χ0) is 17.9. The molecule has 2 aromatic heterocycles. The monoisotopic (exact) mass is 371 g/mol. The van der Waals surface area contributed by atoms with Gasteiger partial charge in [0.25, 0.3) is 11.8 Å². The number of nitrogens with zero attached hydrogens (tertiary/aromatic N) is 3. The van der Waals surface area contributed by atoms with Gasteiger partial charge in [-0.1, -0.05) is 18.2 Å². The number of aromatic nitrogens is 2. The van der Waals surface area contributed by atoms with E-state index in [4.69, 9.17) is 9.15 Å². The third-order valence-corrected chi connectivity index (χ3v) is 5.84. The molecule has 0 bridgehead atoms. The van der Waals surface area contributed by atoms with Gasteiger partial charge < -0.3 is 19.0 Å². The Morgan fingerprint density at radius 2 is 1.96 bits per heavy atom. The summed E-state index contributed by atoms with van der Waals surface area (Å²) in [6.45, 7) is 6.17. The van der Waals surface area contributed by atoms with Crippen LogP contribution < -0.4 is 14.5 Å². The minimum absolute atomic E-state index is 0.191. The maximum Gasteiger partial charge on any atom is 0.274 e. The largest absolute Gasteiger partial charge is 0.495 e. The zero-order valence-electron chi connectivity index (χ0n) is 15.0. The molecule has 4 rings (SSSR count). The number of piperazine rings is 1. The fourth-order valence-electron chi connectivity index (χ4n) is 3.44. The van der Waals surface area contributed by atoms with Crippen molar-refractivity contribution in [1.29, 1.82) is 0 Å². The van der Waals surface area contributed by atoms with E-state index in [1.807, 2.05) is 29.6 Å². The fourth-order valence-corrected chi connectivity index (χ4v) is 4.09. The summed E-state index contributed by atoms with van der Waals surface area (Å²) >= 11 is 1.62. The van der Waals surface area contributed by atoms with Gasteiger partial charge in [0.1, 0.15) is 5.75 Å². The number of ether oxygens (including phenoxy) is 1. The maximum atomic E-state index is 5.92. The third kappa shape index (κ3) is 3.32. The molecular formula is C19H23N4O2S+. The Morgan fingerprint density at radius 1 is 1.15 bits per heavy atom. The van der Waals surface area contributed by atoms with E-state index in [1.165, 1.54) is 10.6 Å². The molecule has 1 saturated heterocycles. The highest BCUT2D eigenvalue weighted by Gasteiger charge is 2.30. The number of thiophene rings is 1. The quantitative estimate of drug-likeness (QED) is 0.746. The van der Waals surface area contributed by atoms with Crippen LogP contribution in [-0.4, -0.2) is 43.5 Å². The van der Waals surface area contributed by atoms with E-state index in [0.29, 0.717) is 11.8 Å². The summed E-state index contributed by atoms with van der Waals surface area (Å²) in [5.74, 6) is 2.27. The molecule has 0 amide bonds. The van der Waals surface area contributed by atoms with Gasteiger partial charge in [-0.15, -0.1) is 21.5 Å². The highest BCUT2D eigenvalue weighted by molar-refractivity contribution is 7.13. The molecule has 7 heteroatoms. The van der Waals surface area contributed by atoms with Crippen LogP contribution in [0.25, 0.3) is 10.8 Å². The number of rotatable bonds is 5. The Balaban J connectivity index is 1.41. The number of nitrogens with one attached hydrogen (secondary N) is 1. The van der Waals surface area contributed by atoms with Gasteiger partial charge in [-0.2, -0.15) is 0 Å². The number of hydrogen-bond donors (Lipinski definition) is 1. The summed E-state index contributed by atoms with van der Waals surface area (Å²) < 4.78 is 11.4. The molecule has 1 aromatic carbocycles. The summed E-state index contributed by atoms with van der Waals surface area (Å²) in [4.78, 5) is 4.88. The van der Waals surface area contributed by atoms with Gasteiger partial charge in [-0.3, -0.25) is 0 Å². The Morgan fingerprint density at radius 3 is 2.69 bits per heavy atom. The molecule has 1 aliphatic rings. The van der Waals surface area contributed by atoms with Gasteiger partial charge in [0.15, 0.2) is 6.04 Å². The average Bonchev–Trinajstić information content (AvgIpc) is 3.39. The third-order valence-electron chi connectivity index (χ3n) is 4.99. The molecule has 6 nitrogen and oxygen atoms in total. The van der Waals surface area contributed by atoms with Gasteiger partial charge in [0, 0.05) is 0 Å². The van der Waals surface area contributed by atoms with Crippen LogP contribution in [-0.2, 0) is 0 Å². The molecule has 0 unspecified atom stereocenters. The first kappa shape index (κ1) is 17.1. The van der Waals surface area contributed by atoms with Crippen molar-refractivity contribution in [2.45, 2.75) is 13.0 Å². The van der Waals surface area contributed by atoms with E-state index in [0.717, 1.165) is 36.8 Å². The molecule has 3 heterocycles. The van der Waals surface area contributed by atoms with Crippen LogP contribution >= 0.6 is 11.3 Å². The molecule has 1 atom stereocenters. The van der Waals surface area contributed by atoms with Crippen molar-refractivity contribution in [3.8, 4) is 16.5 Å². The van der Waals surface area contributed by atoms with Crippen molar-refractivity contribution < 1.29 is 14.1 Å². The lowest BCUT2D eigenvalue weighted by atomic mass is 10.2. The summed E-state index contributed by atoms with van der Waals surface area (Å²) in [7, 11) is 1.73. The van der Waals surface area contributed by atoms with Crippen molar-refractivity contribution >= 4 is 17.0 Å². The molecular weight excluding hydrogens is 348 g/mol. The molecule has 1 aliphatic heterocycles. The van der Waals surface area contributed by atoms with E-state index in [-0.39, 0.29) is 6.04 Å². The smallest absolute Gasteiger partial charge is 0.274 e. The lowest BCUT2D eigenvalue weighted by Gasteiger charge is -2.36. The van der Waals surface area contributed by atoms with E-state index < -0.39 is 0 Å². The predicted octanol–water partition coefficient (Wildman–Crippen LogP) is 2.27. The van der Waals surface area contributed by atoms with Gasteiger partial charge >= 0.3 is 0 Å². The topological polar surface area (TPSA) is 55.8 Å². The Bertz CT molecular complexity index is 841. The standard InChI is InChI=1S/C19H22N4O2S/c1-14(18-20-21-19(25-18)17-8-5-13-26-17)22-9-11-23(12-10-22)15-6-3-4-7-16(15)24-2/h3-8,13-14H,9-12H2,1-2H3/p+1/t14-/m1/s1. The van der Waals surface area contributed by atoms with Crippen LogP contribution in [0.4, 0.5) is 5.69 Å². The fraction of sp³-hybridized carbons (Fsp3) is 0.368. The molecule has 1 N–H and O–H groups in total. The summed E-state index contributed by atoms with van der Waals surface area (Å²) in [5.41, 5.74) is 1.17. The number of para-hydroxylation sites is 2. The van der Waals surface area contributed by atoms with Crippen molar-refractivity contribution in [3.63, 3.8) is 0 Å². The van der Waals surface area contributed by atoms with E-state index in [2.05, 4.69) is 34.2 Å². The van der Waals surface area contributed by atoms with E-state index in [1.54, 1.807) is 18.4 Å². The van der Waals surface area contributed by atoms with E-state index in [9.17, 15) is 0 Å². The number of methoxy groups -OCH3 is 1. The zero-order valence-corrected chi connectivity index (χ0v) is 15.8. The van der Waals surface area contributed by atoms with Crippen LogP contribution in [0.5, 0.6) is 5.75 Å². The van der Waals surface area contributed by atoms with Crippen LogP contribution in [0.15, 0.2) is 46.2 Å². The molecule has 26 heavy (non-hydrogen) atoms. The maximum absolute atomic E-state index is 5.92. The summed E-state index contributed by atoms with van der Waals surface area (Å²) in [6.07, 6.45) is 0. The van der Waals surface area contributed by atoms with Crippen LogP contribution in [0.3, 0.4) is 0 Å². The SMILES string of the molecule is COc1ccccc1N1CC[NH+]([C@H](C)c2nnc(-c3cccs3)o2)CC1. The van der Waals surface area contributed by atoms with Gasteiger partial charge in [0.2, 0.25) is 0 Å². The lowest BCUT2D eigenvalue weighted by Crippen LogP contribution is -3.14. The van der Waals surface area contributed by atoms with Gasteiger partial charge in [-0.05, 0) is 30.5 Å². The number of quaternary nitrogens is 1. The van der Waals surface area contributed by atoms with E-state index >= 15 is 0 Å². The van der Waals surface area contributed by atoms with Crippen LogP contribution in [0, 0.1) is 0 Å². The molecule has 0 radical (unpaired) electrons. The first-order valence-corrected chi connectivity index (χ1v) is 9.74. The van der Waals surface area contributed by atoms with Crippen molar-refractivity contribution in [2.75, 3.05) is 38.2 Å². The van der Waals surface area contributed by atoms with Crippen LogP contribution in [0.1, 0.15) is 18.9 Å². The Hall–Kier alpha value is -2.38. The van der Waals surface area contributed by atoms with Gasteiger partial charge in [0.05, 0.1) is 43.9 Å². The van der Waals surface area contributed by atoms with Crippen LogP contribution in [0.2, 0.25) is 0 Å². The predicted molar refractivity (Wildman–Crippen MR) is 102 cm³/mol. The molecule has 136 valence electrons. The molecule has 3 aromatic rings. The summed E-state index contributed by atoms with van der Waals surface area (Å²) in [5, 5.41) is 10.5. The number of hydrogen-bond acceptors (Lipinski definition) is 6. The second-order valence-electron chi connectivity index (χ2n) is 6.46. The molecule has 1 fully saturated rings. The Labute approximate surface area is 157 Å². The first-order valence-electron chi connectivity index (χ1n) is 8.86. The minimum atomic E-state index is 0.191. The highest BCUT2D eigenvalue weighted by Crippen LogP contribution is 2.28. The Kier molecular flexibility index (Phi) is 4.90. The molecule has 0 aliphatic carbocycles. The second-order valence-corrected chi connectivity index (χ2v) is 7.41. The number of anilines is 1. The van der Waals surface area contributed by atoms with Crippen molar-refractivity contribution in [3.05, 3.63) is 47.7 Å². The number of benzene rings is 1. The summed E-state index contributed by atoms with van der Waals surface area (Å²) in [6, 6.07) is 12.4. The average molecular weight is 371 g/mol. The molecule has 0 spiro atoms.